The van der Waals surface area contributed by atoms with E-state index >= 15 is 0 Å². The fraction of sp³-hybridized carbons (Fsp3) is 0.462. The highest BCUT2D eigenvalue weighted by atomic mass is 32.2. The van der Waals surface area contributed by atoms with E-state index in [0.29, 0.717) is 5.17 Å². The Labute approximate surface area is 119 Å². The molecule has 7 heteroatoms. The molecule has 0 saturated heterocycles. The molecule has 1 aliphatic heterocycles. The van der Waals surface area contributed by atoms with Crippen molar-refractivity contribution < 1.29 is 17.9 Å². The maximum Gasteiger partial charge on any atom is 0.573 e. The second-order valence-corrected chi connectivity index (χ2v) is 6.08. The number of rotatable bonds is 2. The average Bonchev–Trinajstić information content (AvgIpc) is 2.28. The Bertz CT molecular complexity index is 515. The number of ether oxygens (including phenoxy) is 1. The van der Waals surface area contributed by atoms with Crippen LogP contribution in [0.3, 0.4) is 0 Å². The van der Waals surface area contributed by atoms with Gasteiger partial charge in [0.25, 0.3) is 0 Å². The van der Waals surface area contributed by atoms with Crippen molar-refractivity contribution in [3.63, 3.8) is 0 Å². The van der Waals surface area contributed by atoms with Crippen molar-refractivity contribution in [1.29, 1.82) is 0 Å². The van der Waals surface area contributed by atoms with Crippen LogP contribution in [-0.2, 0) is 0 Å². The molecule has 1 aromatic rings. The van der Waals surface area contributed by atoms with Gasteiger partial charge in [0.15, 0.2) is 10.9 Å². The Hall–Kier alpha value is -1.37. The number of nitrogens with one attached hydrogen (secondary N) is 1. The number of halogens is 3. The number of hydrogen-bond donors (Lipinski definition) is 1. The average molecular weight is 304 g/mol. The van der Waals surface area contributed by atoms with Crippen LogP contribution in [0.5, 0.6) is 5.75 Å². The molecular formula is C13H15F3N2OS. The van der Waals surface area contributed by atoms with Crippen LogP contribution in [0.25, 0.3) is 0 Å². The summed E-state index contributed by atoms with van der Waals surface area (Å²) in [6.45, 7) is 3.99. The van der Waals surface area contributed by atoms with E-state index in [4.69, 9.17) is 0 Å². The molecule has 0 unspecified atom stereocenters. The molecule has 1 heterocycles. The normalized spacial score (nSPS) is 18.4. The van der Waals surface area contributed by atoms with E-state index in [1.54, 1.807) is 6.07 Å². The van der Waals surface area contributed by atoms with Gasteiger partial charge >= 0.3 is 6.36 Å². The number of anilines is 1. The van der Waals surface area contributed by atoms with Crippen LogP contribution in [0.1, 0.15) is 20.3 Å². The Kier molecular flexibility index (Phi) is 4.17. The van der Waals surface area contributed by atoms with Crippen molar-refractivity contribution in [2.24, 2.45) is 4.99 Å². The van der Waals surface area contributed by atoms with Crippen molar-refractivity contribution in [3.05, 3.63) is 24.3 Å². The summed E-state index contributed by atoms with van der Waals surface area (Å²) < 4.78 is 41.0. The van der Waals surface area contributed by atoms with Crippen molar-refractivity contribution in [1.82, 2.24) is 0 Å². The Balaban J connectivity index is 2.19. The van der Waals surface area contributed by atoms with E-state index in [1.165, 1.54) is 30.0 Å². The van der Waals surface area contributed by atoms with E-state index < -0.39 is 6.36 Å². The largest absolute Gasteiger partial charge is 0.573 e. The minimum Gasteiger partial charge on any atom is -0.404 e. The van der Waals surface area contributed by atoms with Crippen molar-refractivity contribution in [2.45, 2.75) is 32.2 Å². The third-order valence-electron chi connectivity index (χ3n) is 2.71. The number of hydrogen-bond acceptors (Lipinski definition) is 4. The van der Waals surface area contributed by atoms with Gasteiger partial charge in [0.1, 0.15) is 0 Å². The quantitative estimate of drug-likeness (QED) is 0.886. The number of nitrogens with zero attached hydrogens (tertiary/aromatic N) is 1. The first-order chi connectivity index (χ1) is 9.25. The van der Waals surface area contributed by atoms with E-state index in [2.05, 4.69) is 15.0 Å². The predicted molar refractivity (Wildman–Crippen MR) is 75.3 cm³/mol. The van der Waals surface area contributed by atoms with E-state index in [9.17, 15) is 13.2 Å². The zero-order chi connectivity index (χ0) is 14.8. The van der Waals surface area contributed by atoms with Gasteiger partial charge in [-0.1, -0.05) is 23.9 Å². The lowest BCUT2D eigenvalue weighted by Crippen LogP contribution is -2.27. The first kappa shape index (κ1) is 15.0. The molecule has 2 rings (SSSR count). The van der Waals surface area contributed by atoms with E-state index in [-0.39, 0.29) is 17.0 Å². The Morgan fingerprint density at radius 3 is 2.65 bits per heavy atom. The van der Waals surface area contributed by atoms with Crippen molar-refractivity contribution in [3.8, 4) is 5.75 Å². The monoisotopic (exact) mass is 304 g/mol. The highest BCUT2D eigenvalue weighted by molar-refractivity contribution is 8.14. The topological polar surface area (TPSA) is 33.6 Å². The summed E-state index contributed by atoms with van der Waals surface area (Å²) in [7, 11) is 0. The Morgan fingerprint density at radius 1 is 1.30 bits per heavy atom. The molecule has 0 saturated carbocycles. The highest BCUT2D eigenvalue weighted by Gasteiger charge is 2.32. The van der Waals surface area contributed by atoms with Gasteiger partial charge in [-0.3, -0.25) is 4.99 Å². The number of thioether (sulfide) groups is 1. The standard InChI is InChI=1S/C13H15F3N2OS/c1-12(2)7-8-20-11(18-12)17-9-5-3-4-6-10(9)19-13(14,15)16/h3-6H,7-8H2,1-2H3,(H,17,18). The zero-order valence-electron chi connectivity index (χ0n) is 11.1. The molecule has 0 bridgehead atoms. The number of benzene rings is 1. The molecule has 1 N–H and O–H groups in total. The van der Waals surface area contributed by atoms with Crippen LogP contribution >= 0.6 is 11.8 Å². The van der Waals surface area contributed by atoms with Crippen LogP contribution in [0.2, 0.25) is 0 Å². The molecule has 0 radical (unpaired) electrons. The predicted octanol–water partition coefficient (Wildman–Crippen LogP) is 4.27. The van der Waals surface area contributed by atoms with Crippen LogP contribution in [0.4, 0.5) is 18.9 Å². The fourth-order valence-electron chi connectivity index (χ4n) is 1.72. The van der Waals surface area contributed by atoms with Crippen LogP contribution in [0, 0.1) is 0 Å². The van der Waals surface area contributed by atoms with Gasteiger partial charge in [-0.05, 0) is 32.4 Å². The van der Waals surface area contributed by atoms with Gasteiger partial charge in [-0.2, -0.15) is 0 Å². The number of para-hydroxylation sites is 2. The van der Waals surface area contributed by atoms with Crippen LogP contribution in [-0.4, -0.2) is 22.8 Å². The van der Waals surface area contributed by atoms with Gasteiger partial charge < -0.3 is 10.1 Å². The third-order valence-corrected chi connectivity index (χ3v) is 3.59. The summed E-state index contributed by atoms with van der Waals surface area (Å²) >= 11 is 1.49. The molecule has 0 aliphatic carbocycles. The summed E-state index contributed by atoms with van der Waals surface area (Å²) in [5.74, 6) is 0.618. The van der Waals surface area contributed by atoms with Crippen molar-refractivity contribution >= 4 is 22.6 Å². The molecule has 20 heavy (non-hydrogen) atoms. The molecule has 0 aromatic heterocycles. The van der Waals surface area contributed by atoms with E-state index in [1.807, 2.05) is 13.8 Å². The maximum atomic E-state index is 12.3. The molecule has 0 spiro atoms. The fourth-order valence-corrected chi connectivity index (χ4v) is 3.01. The first-order valence-electron chi connectivity index (χ1n) is 6.10. The first-order valence-corrected chi connectivity index (χ1v) is 7.08. The number of amidine groups is 1. The SMILES string of the molecule is CC1(C)CCSC(Nc2ccccc2OC(F)(F)F)=N1. The molecule has 110 valence electrons. The molecule has 0 atom stereocenters. The lowest BCUT2D eigenvalue weighted by molar-refractivity contribution is -0.274. The number of aliphatic imine (C=N–C) groups is 1. The molecule has 1 aliphatic rings. The van der Waals surface area contributed by atoms with Gasteiger partial charge in [0.05, 0.1) is 11.2 Å². The summed E-state index contributed by atoms with van der Waals surface area (Å²) in [6.07, 6.45) is -3.78. The van der Waals surface area contributed by atoms with Crippen LogP contribution < -0.4 is 10.1 Å². The summed E-state index contributed by atoms with van der Waals surface area (Å²) in [5.41, 5.74) is 0.0571. The van der Waals surface area contributed by atoms with Gasteiger partial charge in [-0.25, -0.2) is 0 Å². The van der Waals surface area contributed by atoms with Gasteiger partial charge in [0.2, 0.25) is 0 Å². The molecule has 0 amide bonds. The lowest BCUT2D eigenvalue weighted by Gasteiger charge is -2.26. The second-order valence-electron chi connectivity index (χ2n) is 5.00. The summed E-state index contributed by atoms with van der Waals surface area (Å²) in [4.78, 5) is 4.48. The minimum atomic E-state index is -4.71. The lowest BCUT2D eigenvalue weighted by atomic mass is 10.0. The van der Waals surface area contributed by atoms with Crippen LogP contribution in [0.15, 0.2) is 29.3 Å². The molecule has 3 nitrogen and oxygen atoms in total. The highest BCUT2D eigenvalue weighted by Crippen LogP contribution is 2.32. The second kappa shape index (κ2) is 5.55. The van der Waals surface area contributed by atoms with Gasteiger partial charge in [0, 0.05) is 5.75 Å². The number of alkyl halides is 3. The minimum absolute atomic E-state index is 0.201. The molecule has 0 fully saturated rings. The van der Waals surface area contributed by atoms with Crippen molar-refractivity contribution in [2.75, 3.05) is 11.1 Å². The Morgan fingerprint density at radius 2 is 2.00 bits per heavy atom. The smallest absolute Gasteiger partial charge is 0.404 e. The van der Waals surface area contributed by atoms with Gasteiger partial charge in [-0.15, -0.1) is 13.2 Å². The maximum absolute atomic E-state index is 12.3. The zero-order valence-corrected chi connectivity index (χ0v) is 11.9. The summed E-state index contributed by atoms with van der Waals surface area (Å²) in [5, 5.41) is 3.53. The molecular weight excluding hydrogens is 289 g/mol. The summed E-state index contributed by atoms with van der Waals surface area (Å²) in [6, 6.07) is 5.94. The van der Waals surface area contributed by atoms with E-state index in [0.717, 1.165) is 12.2 Å². The third kappa shape index (κ3) is 4.33. The molecule has 1 aromatic carbocycles.